The summed E-state index contributed by atoms with van der Waals surface area (Å²) in [6.07, 6.45) is 2.29. The Balaban J connectivity index is 1.47. The number of hydrogen-bond acceptors (Lipinski definition) is 6. The van der Waals surface area contributed by atoms with Gasteiger partial charge in [-0.3, -0.25) is 4.79 Å². The molecule has 1 amide bonds. The normalized spacial score (nSPS) is 13.8. The van der Waals surface area contributed by atoms with E-state index < -0.39 is 16.1 Å². The van der Waals surface area contributed by atoms with Gasteiger partial charge < -0.3 is 14.8 Å². The maximum Gasteiger partial charge on any atom is 0.241 e. The van der Waals surface area contributed by atoms with Crippen molar-refractivity contribution >= 4 is 38.5 Å². The molecule has 1 heterocycles. The van der Waals surface area contributed by atoms with Crippen molar-refractivity contribution in [2.24, 2.45) is 0 Å². The second-order valence-corrected chi connectivity index (χ2v) is 10.1. The first-order chi connectivity index (χ1) is 15.5. The van der Waals surface area contributed by atoms with Crippen LogP contribution in [-0.4, -0.2) is 39.2 Å². The van der Waals surface area contributed by atoms with Gasteiger partial charge in [0.25, 0.3) is 0 Å². The smallest absolute Gasteiger partial charge is 0.241 e. The Hall–Kier alpha value is -2.75. The highest BCUT2D eigenvalue weighted by atomic mass is 32.2. The molecule has 1 atom stereocenters. The second-order valence-electron chi connectivity index (χ2n) is 7.37. The van der Waals surface area contributed by atoms with Crippen LogP contribution in [0, 0.1) is 0 Å². The van der Waals surface area contributed by atoms with Gasteiger partial charge in [-0.25, -0.2) is 8.42 Å². The lowest BCUT2D eigenvalue weighted by atomic mass is 10.1. The van der Waals surface area contributed by atoms with Gasteiger partial charge in [-0.05, 0) is 59.0 Å². The first kappa shape index (κ1) is 22.4. The number of thioether (sulfide) groups is 1. The molecule has 0 spiro atoms. The number of rotatable bonds is 9. The van der Waals surface area contributed by atoms with Gasteiger partial charge in [-0.1, -0.05) is 36.4 Å². The molecule has 168 valence electrons. The number of sulfonamides is 1. The van der Waals surface area contributed by atoms with Gasteiger partial charge in [-0.15, -0.1) is 0 Å². The van der Waals surface area contributed by atoms with Crippen LogP contribution in [0.5, 0.6) is 11.5 Å². The van der Waals surface area contributed by atoms with Crippen LogP contribution in [0.3, 0.4) is 0 Å². The molecule has 9 heteroatoms. The maximum absolute atomic E-state index is 13.0. The van der Waals surface area contributed by atoms with Crippen LogP contribution in [0.2, 0.25) is 0 Å². The standard InChI is InChI=1S/C23H24N2O5S2/c1-31-11-10-20(23(26)24-14-16-6-9-21-22(12-16)30-15-29-21)25-32(27,28)19-8-7-17-4-2-3-5-18(17)13-19/h2-9,12-13,20,25H,10-11,14-15H2,1H3,(H,24,26)/t20-/m0/s1. The summed E-state index contributed by atoms with van der Waals surface area (Å²) < 4.78 is 39.3. The number of nitrogens with one attached hydrogen (secondary N) is 2. The van der Waals surface area contributed by atoms with Crippen molar-refractivity contribution in [2.75, 3.05) is 18.8 Å². The number of benzene rings is 3. The Morgan fingerprint density at radius 1 is 1.03 bits per heavy atom. The zero-order chi connectivity index (χ0) is 22.6. The molecule has 4 rings (SSSR count). The third-order valence-corrected chi connectivity index (χ3v) is 7.27. The molecule has 1 aliphatic heterocycles. The van der Waals surface area contributed by atoms with Crippen molar-refractivity contribution in [1.82, 2.24) is 10.0 Å². The summed E-state index contributed by atoms with van der Waals surface area (Å²) >= 11 is 1.55. The van der Waals surface area contributed by atoms with Gasteiger partial charge in [-0.2, -0.15) is 16.5 Å². The predicted octanol–water partition coefficient (Wildman–Crippen LogP) is 3.28. The van der Waals surface area contributed by atoms with Gasteiger partial charge in [0.1, 0.15) is 6.04 Å². The lowest BCUT2D eigenvalue weighted by Crippen LogP contribution is -2.46. The molecule has 7 nitrogen and oxygen atoms in total. The summed E-state index contributed by atoms with van der Waals surface area (Å²) in [7, 11) is -3.87. The van der Waals surface area contributed by atoms with Crippen molar-refractivity contribution in [2.45, 2.75) is 23.9 Å². The number of ether oxygens (including phenoxy) is 2. The molecule has 0 saturated heterocycles. The molecule has 0 unspecified atom stereocenters. The molecule has 0 aromatic heterocycles. The fourth-order valence-electron chi connectivity index (χ4n) is 3.43. The highest BCUT2D eigenvalue weighted by Crippen LogP contribution is 2.32. The molecule has 0 aliphatic carbocycles. The highest BCUT2D eigenvalue weighted by molar-refractivity contribution is 7.98. The summed E-state index contributed by atoms with van der Waals surface area (Å²) in [5, 5.41) is 4.60. The van der Waals surface area contributed by atoms with Crippen molar-refractivity contribution in [3.8, 4) is 11.5 Å². The largest absolute Gasteiger partial charge is 0.454 e. The van der Waals surface area contributed by atoms with E-state index in [1.807, 2.05) is 36.6 Å². The Morgan fingerprint density at radius 3 is 2.62 bits per heavy atom. The Morgan fingerprint density at radius 2 is 1.81 bits per heavy atom. The van der Waals surface area contributed by atoms with Crippen molar-refractivity contribution in [3.63, 3.8) is 0 Å². The Labute approximate surface area is 191 Å². The van der Waals surface area contributed by atoms with Crippen LogP contribution in [0.15, 0.2) is 65.6 Å². The zero-order valence-corrected chi connectivity index (χ0v) is 19.2. The summed E-state index contributed by atoms with van der Waals surface area (Å²) in [6.45, 7) is 0.432. The van der Waals surface area contributed by atoms with Crippen LogP contribution in [-0.2, 0) is 21.4 Å². The molecule has 0 bridgehead atoms. The number of hydrogen-bond donors (Lipinski definition) is 2. The first-order valence-electron chi connectivity index (χ1n) is 10.1. The summed E-state index contributed by atoms with van der Waals surface area (Å²) in [5.74, 6) is 1.57. The molecular weight excluding hydrogens is 448 g/mol. The van der Waals surface area contributed by atoms with Gasteiger partial charge in [0.05, 0.1) is 4.90 Å². The zero-order valence-electron chi connectivity index (χ0n) is 17.5. The third kappa shape index (κ3) is 5.17. The molecule has 1 aliphatic rings. The van der Waals surface area contributed by atoms with E-state index in [2.05, 4.69) is 10.0 Å². The van der Waals surface area contributed by atoms with Crippen LogP contribution in [0.25, 0.3) is 10.8 Å². The molecule has 2 N–H and O–H groups in total. The van der Waals surface area contributed by atoms with Crippen molar-refractivity contribution < 1.29 is 22.7 Å². The quantitative estimate of drug-likeness (QED) is 0.496. The third-order valence-electron chi connectivity index (χ3n) is 5.16. The van der Waals surface area contributed by atoms with Crippen molar-refractivity contribution in [3.05, 3.63) is 66.2 Å². The lowest BCUT2D eigenvalue weighted by Gasteiger charge is -2.18. The van der Waals surface area contributed by atoms with Crippen LogP contribution < -0.4 is 19.5 Å². The van der Waals surface area contributed by atoms with Crippen LogP contribution >= 0.6 is 11.8 Å². The van der Waals surface area contributed by atoms with Crippen molar-refractivity contribution in [1.29, 1.82) is 0 Å². The van der Waals surface area contributed by atoms with Gasteiger partial charge in [0.15, 0.2) is 11.5 Å². The minimum absolute atomic E-state index is 0.133. The summed E-state index contributed by atoms with van der Waals surface area (Å²) in [5.41, 5.74) is 0.837. The first-order valence-corrected chi connectivity index (χ1v) is 13.0. The van der Waals surface area contributed by atoms with Gasteiger partial charge >= 0.3 is 0 Å². The molecular formula is C23H24N2O5S2. The molecule has 3 aromatic rings. The Kier molecular flexibility index (Phi) is 6.88. The molecule has 0 saturated carbocycles. The van der Waals surface area contributed by atoms with E-state index in [0.29, 0.717) is 23.7 Å². The van der Waals surface area contributed by atoms with E-state index in [4.69, 9.17) is 9.47 Å². The number of carbonyl (C=O) groups excluding carboxylic acids is 1. The summed E-state index contributed by atoms with van der Waals surface area (Å²) in [6, 6.07) is 17.0. The fraction of sp³-hybridized carbons (Fsp3) is 0.261. The summed E-state index contributed by atoms with van der Waals surface area (Å²) in [4.78, 5) is 13.0. The SMILES string of the molecule is CSCC[C@H](NS(=O)(=O)c1ccc2ccccc2c1)C(=O)NCc1ccc2c(c1)OCO2. The monoisotopic (exact) mass is 472 g/mol. The second kappa shape index (κ2) is 9.81. The lowest BCUT2D eigenvalue weighted by molar-refractivity contribution is -0.122. The average Bonchev–Trinajstić information content (AvgIpc) is 3.27. The Bertz CT molecular complexity index is 1230. The molecule has 3 aromatic carbocycles. The van der Waals surface area contributed by atoms with E-state index in [0.717, 1.165) is 16.3 Å². The minimum Gasteiger partial charge on any atom is -0.454 e. The fourth-order valence-corrected chi connectivity index (χ4v) is 5.17. The number of amides is 1. The van der Waals surface area contributed by atoms with E-state index in [1.54, 1.807) is 42.1 Å². The van der Waals surface area contributed by atoms with Crippen LogP contribution in [0.4, 0.5) is 0 Å². The minimum atomic E-state index is -3.87. The number of fused-ring (bicyclic) bond motifs is 2. The van der Waals surface area contributed by atoms with E-state index in [1.165, 1.54) is 0 Å². The predicted molar refractivity (Wildman–Crippen MR) is 125 cm³/mol. The highest BCUT2D eigenvalue weighted by Gasteiger charge is 2.26. The topological polar surface area (TPSA) is 93.7 Å². The van der Waals surface area contributed by atoms with Crippen LogP contribution in [0.1, 0.15) is 12.0 Å². The van der Waals surface area contributed by atoms with E-state index in [9.17, 15) is 13.2 Å². The average molecular weight is 473 g/mol. The van der Waals surface area contributed by atoms with E-state index in [-0.39, 0.29) is 24.1 Å². The molecule has 32 heavy (non-hydrogen) atoms. The number of carbonyl (C=O) groups is 1. The van der Waals surface area contributed by atoms with Gasteiger partial charge in [0.2, 0.25) is 22.7 Å². The maximum atomic E-state index is 13.0. The molecule has 0 radical (unpaired) electrons. The molecule has 0 fully saturated rings. The van der Waals surface area contributed by atoms with E-state index >= 15 is 0 Å². The van der Waals surface area contributed by atoms with Gasteiger partial charge in [0, 0.05) is 6.54 Å².